The third-order valence-electron chi connectivity index (χ3n) is 4.16. The van der Waals surface area contributed by atoms with Gasteiger partial charge >= 0.3 is 0 Å². The smallest absolute Gasteiger partial charge is 0.187 e. The maximum atomic E-state index is 10.2. The summed E-state index contributed by atoms with van der Waals surface area (Å²) in [5.41, 5.74) is 0. The van der Waals surface area contributed by atoms with Gasteiger partial charge in [0.15, 0.2) is 12.5 Å². The number of aliphatic hydroxyl groups is 7. The van der Waals surface area contributed by atoms with Gasteiger partial charge in [-0.25, -0.2) is 0 Å². The van der Waals surface area contributed by atoms with Gasteiger partial charge in [-0.3, -0.25) is 0 Å². The fourth-order valence-electron chi connectivity index (χ4n) is 2.73. The van der Waals surface area contributed by atoms with Crippen molar-refractivity contribution in [2.24, 2.45) is 4.99 Å². The molecule has 0 spiro atoms. The van der Waals surface area contributed by atoms with Crippen molar-refractivity contribution in [3.05, 3.63) is 0 Å². The molecule has 0 aromatic rings. The number of aliphatic imine (C=N–C) groups is 1. The standard InChI is InChI=1S/C13H21NO10S/c15-1-4-6(17)7(18)10(21)13(23-4)24-11-5(2-16)22-12(14-3-25)9(20)8(11)19/h4-13,15-21H,1-2H2. The topological polar surface area (TPSA) is 182 Å². The van der Waals surface area contributed by atoms with Gasteiger partial charge < -0.3 is 50.0 Å². The van der Waals surface area contributed by atoms with E-state index in [2.05, 4.69) is 17.2 Å². The van der Waals surface area contributed by atoms with Crippen molar-refractivity contribution in [1.29, 1.82) is 0 Å². The van der Waals surface area contributed by atoms with E-state index in [1.165, 1.54) is 0 Å². The first-order chi connectivity index (χ1) is 11.8. The Kier molecular flexibility index (Phi) is 7.34. The van der Waals surface area contributed by atoms with Crippen LogP contribution in [0.4, 0.5) is 0 Å². The van der Waals surface area contributed by atoms with E-state index >= 15 is 0 Å². The van der Waals surface area contributed by atoms with E-state index in [1.807, 2.05) is 5.16 Å². The zero-order valence-electron chi connectivity index (χ0n) is 12.9. The van der Waals surface area contributed by atoms with Crippen LogP contribution in [0, 0.1) is 0 Å². The number of thiocarbonyl (C=S) groups is 1. The molecule has 2 fully saturated rings. The Morgan fingerprint density at radius 3 is 2.04 bits per heavy atom. The van der Waals surface area contributed by atoms with Crippen LogP contribution in [0.15, 0.2) is 4.99 Å². The van der Waals surface area contributed by atoms with Crippen LogP contribution in [0.25, 0.3) is 0 Å². The number of nitrogens with zero attached hydrogens (tertiary/aromatic N) is 1. The highest BCUT2D eigenvalue weighted by Crippen LogP contribution is 2.29. The van der Waals surface area contributed by atoms with Crippen LogP contribution in [0.2, 0.25) is 0 Å². The first kappa shape index (κ1) is 20.7. The van der Waals surface area contributed by atoms with Crippen LogP contribution in [0.1, 0.15) is 0 Å². The highest BCUT2D eigenvalue weighted by Gasteiger charge is 2.50. The monoisotopic (exact) mass is 383 g/mol. The molecule has 12 heteroatoms. The van der Waals surface area contributed by atoms with Gasteiger partial charge in [-0.15, -0.1) is 0 Å². The summed E-state index contributed by atoms with van der Waals surface area (Å²) in [6.45, 7) is -1.29. The Hall–Kier alpha value is -0.600. The molecule has 2 saturated heterocycles. The molecule has 2 aliphatic rings. The number of isothiocyanates is 1. The molecule has 25 heavy (non-hydrogen) atoms. The lowest BCUT2D eigenvalue weighted by atomic mass is 9.96. The number of hydrogen-bond acceptors (Lipinski definition) is 12. The van der Waals surface area contributed by atoms with Crippen LogP contribution in [-0.4, -0.2) is 115 Å². The molecule has 0 aliphatic carbocycles. The Balaban J connectivity index is 2.15. The van der Waals surface area contributed by atoms with Crippen molar-refractivity contribution in [3.63, 3.8) is 0 Å². The van der Waals surface area contributed by atoms with Crippen molar-refractivity contribution < 1.29 is 50.0 Å². The van der Waals surface area contributed by atoms with Crippen LogP contribution >= 0.6 is 12.2 Å². The molecule has 0 bridgehead atoms. The maximum Gasteiger partial charge on any atom is 0.187 e. The maximum absolute atomic E-state index is 10.2. The van der Waals surface area contributed by atoms with Gasteiger partial charge in [0.1, 0.15) is 48.8 Å². The zero-order valence-corrected chi connectivity index (χ0v) is 13.7. The Morgan fingerprint density at radius 2 is 1.48 bits per heavy atom. The second kappa shape index (κ2) is 8.86. The number of ether oxygens (including phenoxy) is 3. The van der Waals surface area contributed by atoms with E-state index in [-0.39, 0.29) is 0 Å². The highest BCUT2D eigenvalue weighted by atomic mass is 32.1. The van der Waals surface area contributed by atoms with Gasteiger partial charge in [0, 0.05) is 0 Å². The summed E-state index contributed by atoms with van der Waals surface area (Å²) in [5.74, 6) is 0. The Morgan fingerprint density at radius 1 is 0.840 bits per heavy atom. The lowest BCUT2D eigenvalue weighted by molar-refractivity contribution is -0.341. The third-order valence-corrected chi connectivity index (χ3v) is 4.26. The van der Waals surface area contributed by atoms with Gasteiger partial charge in [-0.2, -0.15) is 4.99 Å². The minimum absolute atomic E-state index is 0.630. The minimum atomic E-state index is -1.71. The molecule has 7 N–H and O–H groups in total. The molecular formula is C13H21NO10S. The van der Waals surface area contributed by atoms with E-state index in [0.29, 0.717) is 0 Å². The van der Waals surface area contributed by atoms with Crippen LogP contribution in [-0.2, 0) is 14.2 Å². The number of rotatable bonds is 5. The fourth-order valence-corrected chi connectivity index (χ4v) is 2.83. The summed E-state index contributed by atoms with van der Waals surface area (Å²) in [5, 5.41) is 70.2. The lowest BCUT2D eigenvalue weighted by Gasteiger charge is -2.45. The molecule has 144 valence electrons. The van der Waals surface area contributed by atoms with E-state index in [1.54, 1.807) is 0 Å². The van der Waals surface area contributed by atoms with E-state index in [0.717, 1.165) is 0 Å². The van der Waals surface area contributed by atoms with Crippen molar-refractivity contribution in [3.8, 4) is 0 Å². The predicted molar refractivity (Wildman–Crippen MR) is 81.4 cm³/mol. The average Bonchev–Trinajstić information content (AvgIpc) is 2.61. The molecule has 0 aromatic carbocycles. The Bertz CT molecular complexity index is 487. The van der Waals surface area contributed by atoms with Crippen LogP contribution < -0.4 is 0 Å². The molecule has 11 nitrogen and oxygen atoms in total. The van der Waals surface area contributed by atoms with Gasteiger partial charge in [-0.1, -0.05) is 0 Å². The minimum Gasteiger partial charge on any atom is -0.394 e. The first-order valence-electron chi connectivity index (χ1n) is 7.51. The molecule has 0 radical (unpaired) electrons. The number of aliphatic hydroxyl groups excluding tert-OH is 7. The van der Waals surface area contributed by atoms with Crippen molar-refractivity contribution >= 4 is 17.4 Å². The highest BCUT2D eigenvalue weighted by molar-refractivity contribution is 7.78. The molecule has 2 heterocycles. The van der Waals surface area contributed by atoms with Gasteiger partial charge in [0.2, 0.25) is 0 Å². The molecule has 10 unspecified atom stereocenters. The van der Waals surface area contributed by atoms with Crippen molar-refractivity contribution in [2.45, 2.75) is 61.3 Å². The number of hydrogen-bond donors (Lipinski definition) is 7. The molecular weight excluding hydrogens is 362 g/mol. The fraction of sp³-hybridized carbons (Fsp3) is 0.923. The van der Waals surface area contributed by atoms with Gasteiger partial charge in [-0.05, 0) is 12.2 Å². The first-order valence-corrected chi connectivity index (χ1v) is 7.92. The zero-order chi connectivity index (χ0) is 18.7. The third kappa shape index (κ3) is 4.22. The normalized spacial score (nSPS) is 48.0. The molecule has 0 amide bonds. The second-order valence-electron chi connectivity index (χ2n) is 5.75. The van der Waals surface area contributed by atoms with E-state index < -0.39 is 74.6 Å². The summed E-state index contributed by atoms with van der Waals surface area (Å²) < 4.78 is 15.8. The molecule has 2 aliphatic heterocycles. The molecule has 10 atom stereocenters. The summed E-state index contributed by atoms with van der Waals surface area (Å²) in [6, 6.07) is 0. The van der Waals surface area contributed by atoms with Crippen molar-refractivity contribution in [2.75, 3.05) is 13.2 Å². The molecule has 2 rings (SSSR count). The summed E-state index contributed by atoms with van der Waals surface area (Å²) in [7, 11) is 0. The second-order valence-corrected chi connectivity index (χ2v) is 5.93. The predicted octanol–water partition coefficient (Wildman–Crippen LogP) is -4.29. The van der Waals surface area contributed by atoms with E-state index in [9.17, 15) is 30.6 Å². The summed E-state index contributed by atoms with van der Waals surface area (Å²) >= 11 is 4.41. The summed E-state index contributed by atoms with van der Waals surface area (Å²) in [6.07, 6.45) is -14.7. The molecule has 0 saturated carbocycles. The van der Waals surface area contributed by atoms with E-state index in [4.69, 9.17) is 19.3 Å². The quantitative estimate of drug-likeness (QED) is 0.180. The molecule has 0 aromatic heterocycles. The Labute approximate surface area is 147 Å². The average molecular weight is 383 g/mol. The van der Waals surface area contributed by atoms with Gasteiger partial charge in [0.05, 0.1) is 18.4 Å². The largest absolute Gasteiger partial charge is 0.394 e. The van der Waals surface area contributed by atoms with Gasteiger partial charge in [0.25, 0.3) is 0 Å². The van der Waals surface area contributed by atoms with Crippen LogP contribution in [0.3, 0.4) is 0 Å². The SMILES string of the molecule is OCC1OC(OC2C(CO)OC(N=C=S)C(O)C2O)C(O)C(O)C1O. The van der Waals surface area contributed by atoms with Crippen molar-refractivity contribution in [1.82, 2.24) is 0 Å². The summed E-state index contributed by atoms with van der Waals surface area (Å²) in [4.78, 5) is 3.54. The van der Waals surface area contributed by atoms with Crippen LogP contribution in [0.5, 0.6) is 0 Å². The lowest BCUT2D eigenvalue weighted by Crippen LogP contribution is -2.64.